The van der Waals surface area contributed by atoms with Crippen molar-refractivity contribution in [1.29, 1.82) is 0 Å². The summed E-state index contributed by atoms with van der Waals surface area (Å²) in [6.07, 6.45) is 3.03. The maximum atomic E-state index is 10.7. The van der Waals surface area contributed by atoms with E-state index in [2.05, 4.69) is 36.2 Å². The van der Waals surface area contributed by atoms with Crippen LogP contribution < -0.4 is 5.32 Å². The molecule has 10 nitrogen and oxygen atoms in total. The molecule has 0 unspecified atom stereocenters. The average Bonchev–Trinajstić information content (AvgIpc) is 3.46. The average molecular weight is 504 g/mol. The minimum Gasteiger partial charge on any atom is -0.481 e. The van der Waals surface area contributed by atoms with Gasteiger partial charge < -0.3 is 24.5 Å². The number of rotatable bonds is 7. The number of benzene rings is 1. The first kappa shape index (κ1) is 27.7. The Hall–Kier alpha value is -3.53. The van der Waals surface area contributed by atoms with Crippen LogP contribution in [0.4, 0.5) is 5.69 Å². The Balaban J connectivity index is 0.00000103. The summed E-state index contributed by atoms with van der Waals surface area (Å²) in [5.41, 5.74) is 4.86. The van der Waals surface area contributed by atoms with Crippen LogP contribution in [-0.2, 0) is 33.8 Å². The Kier molecular flexibility index (Phi) is 9.70. The van der Waals surface area contributed by atoms with E-state index >= 15 is 0 Å². The fourth-order valence-corrected chi connectivity index (χ4v) is 4.22. The predicted octanol–water partition coefficient (Wildman–Crippen LogP) is 4.31. The molecule has 11 heteroatoms. The number of aromatic nitrogens is 4. The number of aliphatic carboxylic acids is 1. The van der Waals surface area contributed by atoms with Gasteiger partial charge in [-0.1, -0.05) is 30.6 Å². The van der Waals surface area contributed by atoms with Crippen molar-refractivity contribution in [2.45, 2.75) is 53.0 Å². The number of carbonyl (C=O) groups is 3. The number of carbonyl (C=O) groups excluding carboxylic acids is 2. The number of fused-ring (bicyclic) bond motifs is 1. The Morgan fingerprint density at radius 1 is 1.29 bits per heavy atom. The van der Waals surface area contributed by atoms with E-state index in [1.807, 2.05) is 24.3 Å². The van der Waals surface area contributed by atoms with Crippen LogP contribution in [0.5, 0.6) is 0 Å². The summed E-state index contributed by atoms with van der Waals surface area (Å²) in [5, 5.41) is 21.1. The third-order valence-electron chi connectivity index (χ3n) is 5.67. The highest BCUT2D eigenvalue weighted by Crippen LogP contribution is 2.39. The third-order valence-corrected chi connectivity index (χ3v) is 5.99. The fourth-order valence-electron chi connectivity index (χ4n) is 3.97. The quantitative estimate of drug-likeness (QED) is 0.482. The number of carboxylic acid groups (broad SMARTS) is 1. The lowest BCUT2D eigenvalue weighted by atomic mass is 9.76. The maximum absolute atomic E-state index is 10.7. The van der Waals surface area contributed by atoms with Gasteiger partial charge in [-0.3, -0.25) is 9.48 Å². The molecular weight excluding hydrogens is 474 g/mol. The second-order valence-corrected chi connectivity index (χ2v) is 9.03. The molecule has 2 heterocycles. The molecule has 0 atom stereocenters. The molecule has 188 valence electrons. The van der Waals surface area contributed by atoms with Crippen molar-refractivity contribution in [2.24, 2.45) is 5.41 Å². The van der Waals surface area contributed by atoms with Gasteiger partial charge in [-0.2, -0.15) is 10.1 Å². The number of halogens is 1. The van der Waals surface area contributed by atoms with Gasteiger partial charge in [0.25, 0.3) is 5.89 Å². The summed E-state index contributed by atoms with van der Waals surface area (Å²) in [4.78, 5) is 31.3. The number of nitrogens with zero attached hydrogens (tertiary/aromatic N) is 4. The molecule has 0 spiro atoms. The van der Waals surface area contributed by atoms with E-state index in [1.54, 1.807) is 12.1 Å². The zero-order chi connectivity index (χ0) is 26.2. The highest BCUT2D eigenvalue weighted by molar-refractivity contribution is 6.33. The maximum Gasteiger partial charge on any atom is 0.305 e. The molecule has 0 saturated carbocycles. The Morgan fingerprint density at radius 3 is 2.63 bits per heavy atom. The predicted molar refractivity (Wildman–Crippen MR) is 132 cm³/mol. The molecule has 3 aromatic rings. The molecule has 4 rings (SSSR count). The normalized spacial score (nSPS) is 13.5. The molecule has 0 saturated heterocycles. The van der Waals surface area contributed by atoms with Gasteiger partial charge in [0.05, 0.1) is 17.1 Å². The zero-order valence-electron chi connectivity index (χ0n) is 20.1. The molecule has 1 aliphatic rings. The summed E-state index contributed by atoms with van der Waals surface area (Å²) >= 11 is 6.35. The van der Waals surface area contributed by atoms with Gasteiger partial charge in [0.1, 0.15) is 13.6 Å². The zero-order valence-corrected chi connectivity index (χ0v) is 20.9. The first-order valence-corrected chi connectivity index (χ1v) is 11.4. The van der Waals surface area contributed by atoms with Crippen LogP contribution in [0.2, 0.25) is 5.02 Å². The number of carboxylic acids is 1. The van der Waals surface area contributed by atoms with Gasteiger partial charge in [-0.15, -0.1) is 0 Å². The van der Waals surface area contributed by atoms with Crippen molar-refractivity contribution < 1.29 is 24.0 Å². The second-order valence-electron chi connectivity index (χ2n) is 8.62. The van der Waals surface area contributed by atoms with E-state index in [-0.39, 0.29) is 11.8 Å². The van der Waals surface area contributed by atoms with Crippen molar-refractivity contribution >= 4 is 36.8 Å². The van der Waals surface area contributed by atoms with Crippen LogP contribution >= 0.6 is 11.6 Å². The molecule has 2 N–H and O–H groups in total. The van der Waals surface area contributed by atoms with Gasteiger partial charge >= 0.3 is 5.97 Å². The Labute approximate surface area is 208 Å². The van der Waals surface area contributed by atoms with E-state index in [9.17, 15) is 4.79 Å². The van der Waals surface area contributed by atoms with Crippen LogP contribution in [0.3, 0.4) is 0 Å². The van der Waals surface area contributed by atoms with E-state index < -0.39 is 5.97 Å². The lowest BCUT2D eigenvalue weighted by Crippen LogP contribution is -2.24. The lowest BCUT2D eigenvalue weighted by molar-refractivity contribution is -0.136. The van der Waals surface area contributed by atoms with Gasteiger partial charge in [0.15, 0.2) is 5.69 Å². The molecule has 0 radical (unpaired) electrons. The third kappa shape index (κ3) is 6.54. The van der Waals surface area contributed by atoms with Crippen molar-refractivity contribution in [3.8, 4) is 23.0 Å². The molecule has 0 bridgehead atoms. The number of hydrogen-bond acceptors (Lipinski definition) is 8. The topological polar surface area (TPSA) is 140 Å². The molecule has 0 amide bonds. The smallest absolute Gasteiger partial charge is 0.305 e. The van der Waals surface area contributed by atoms with Crippen LogP contribution in [-0.4, -0.2) is 51.1 Å². The first-order valence-electron chi connectivity index (χ1n) is 11.0. The van der Waals surface area contributed by atoms with Crippen molar-refractivity contribution in [2.75, 3.05) is 11.9 Å². The van der Waals surface area contributed by atoms with Gasteiger partial charge in [-0.25, -0.2) is 0 Å². The Bertz CT molecular complexity index is 1160. The molecule has 2 aromatic heterocycles. The highest BCUT2D eigenvalue weighted by Gasteiger charge is 2.32. The molecule has 35 heavy (non-hydrogen) atoms. The SMILES string of the molecule is C=O.C=O.CCn1nc(-c2nc(-c3ccc(NCCC(=O)O)c(Cl)c3)no2)c2c1CC(C)(C)CC2. The monoisotopic (exact) mass is 503 g/mol. The summed E-state index contributed by atoms with van der Waals surface area (Å²) in [6, 6.07) is 5.35. The number of aryl methyl sites for hydroxylation is 1. The standard InChI is InChI=1S/C22H26ClN5O3.2CH2O/c1-4-28-17-12-22(2,3)9-7-14(17)19(26-28)21-25-20(27-31-21)13-5-6-16(15(23)11-13)24-10-8-18(29)30;2*1-2/h5-6,11,24H,4,7-10,12H2,1-3H3,(H,29,30);2*1H2. The van der Waals surface area contributed by atoms with E-state index in [0.717, 1.165) is 31.5 Å². The summed E-state index contributed by atoms with van der Waals surface area (Å²) in [7, 11) is 0. The fraction of sp³-hybridized carbons (Fsp3) is 0.417. The molecule has 0 aliphatic heterocycles. The van der Waals surface area contributed by atoms with Gasteiger partial charge in [-0.05, 0) is 49.8 Å². The van der Waals surface area contributed by atoms with E-state index in [4.69, 9.17) is 35.9 Å². The minimum atomic E-state index is -0.865. The molecule has 1 aromatic carbocycles. The van der Waals surface area contributed by atoms with Crippen molar-refractivity contribution in [1.82, 2.24) is 19.9 Å². The molecular formula is C24H30ClN5O5. The van der Waals surface area contributed by atoms with Crippen molar-refractivity contribution in [3.63, 3.8) is 0 Å². The van der Waals surface area contributed by atoms with E-state index in [0.29, 0.717) is 34.5 Å². The van der Waals surface area contributed by atoms with Crippen LogP contribution in [0.25, 0.3) is 23.0 Å². The first-order chi connectivity index (χ1) is 16.8. The molecule has 0 fully saturated rings. The highest BCUT2D eigenvalue weighted by atomic mass is 35.5. The summed E-state index contributed by atoms with van der Waals surface area (Å²) in [6.45, 7) is 11.8. The number of hydrogen-bond donors (Lipinski definition) is 2. The second kappa shape index (κ2) is 12.3. The van der Waals surface area contributed by atoms with Gasteiger partial charge in [0, 0.05) is 29.9 Å². The summed E-state index contributed by atoms with van der Waals surface area (Å²) < 4.78 is 7.63. The van der Waals surface area contributed by atoms with Crippen LogP contribution in [0.1, 0.15) is 44.9 Å². The minimum absolute atomic E-state index is 0.0121. The van der Waals surface area contributed by atoms with E-state index in [1.165, 1.54) is 11.3 Å². The lowest BCUT2D eigenvalue weighted by Gasteiger charge is -2.30. The van der Waals surface area contributed by atoms with Crippen LogP contribution in [0, 0.1) is 5.41 Å². The largest absolute Gasteiger partial charge is 0.481 e. The number of anilines is 1. The van der Waals surface area contributed by atoms with Crippen molar-refractivity contribution in [3.05, 3.63) is 34.5 Å². The van der Waals surface area contributed by atoms with Crippen LogP contribution in [0.15, 0.2) is 22.7 Å². The molecule has 1 aliphatic carbocycles. The van der Waals surface area contributed by atoms with Gasteiger partial charge in [0.2, 0.25) is 5.82 Å². The summed E-state index contributed by atoms with van der Waals surface area (Å²) in [5.74, 6) is -0.0151. The number of nitrogens with one attached hydrogen (secondary N) is 1. The Morgan fingerprint density at radius 2 is 2.00 bits per heavy atom.